The van der Waals surface area contributed by atoms with Gasteiger partial charge in [-0.1, -0.05) is 0 Å². The fourth-order valence-electron chi connectivity index (χ4n) is 1.66. The molecular weight excluding hydrogens is 265 g/mol. The molecule has 1 rings (SSSR count). The van der Waals surface area contributed by atoms with Gasteiger partial charge >= 0.3 is 0 Å². The third-order valence-electron chi connectivity index (χ3n) is 2.76. The summed E-state index contributed by atoms with van der Waals surface area (Å²) in [6, 6.07) is 0. The van der Waals surface area contributed by atoms with Gasteiger partial charge in [-0.05, 0) is 18.9 Å². The van der Waals surface area contributed by atoms with Crippen molar-refractivity contribution < 1.29 is 9.59 Å². The number of carbonyl (C=O) groups excluding carboxylic acids is 2. The Bertz CT molecular complexity index is 252. The maximum Gasteiger partial charge on any atom is 0.233 e. The van der Waals surface area contributed by atoms with Crippen molar-refractivity contribution in [3.05, 3.63) is 0 Å². The second-order valence-electron chi connectivity index (χ2n) is 3.98. The van der Waals surface area contributed by atoms with Gasteiger partial charge in [0.25, 0.3) is 0 Å². The molecule has 2 N–H and O–H groups in total. The lowest BCUT2D eigenvalue weighted by Crippen LogP contribution is -2.40. The van der Waals surface area contributed by atoms with Gasteiger partial charge in [-0.2, -0.15) is 0 Å². The standard InChI is InChI=1S/C10H19N3O2.2ClH/c1-11-9(14)7-12-6-8-3-4-13(2)10(15)5-8;;/h8,12H,3-7H2,1-2H3,(H,11,14);2*1H. The number of carbonyl (C=O) groups is 2. The summed E-state index contributed by atoms with van der Waals surface area (Å²) in [5.74, 6) is 0.556. The quantitative estimate of drug-likeness (QED) is 0.767. The van der Waals surface area contributed by atoms with Gasteiger partial charge in [0.05, 0.1) is 6.54 Å². The van der Waals surface area contributed by atoms with Crippen molar-refractivity contribution >= 4 is 36.6 Å². The molecule has 0 aromatic rings. The smallest absolute Gasteiger partial charge is 0.233 e. The summed E-state index contributed by atoms with van der Waals surface area (Å²) in [7, 11) is 3.44. The monoisotopic (exact) mass is 285 g/mol. The number of nitrogens with zero attached hydrogens (tertiary/aromatic N) is 1. The van der Waals surface area contributed by atoms with Crippen LogP contribution < -0.4 is 10.6 Å². The minimum Gasteiger partial charge on any atom is -0.358 e. The topological polar surface area (TPSA) is 61.4 Å². The molecule has 17 heavy (non-hydrogen) atoms. The van der Waals surface area contributed by atoms with Gasteiger partial charge in [-0.3, -0.25) is 9.59 Å². The zero-order valence-corrected chi connectivity index (χ0v) is 11.8. The Morgan fingerprint density at radius 2 is 2.12 bits per heavy atom. The predicted octanol–water partition coefficient (Wildman–Crippen LogP) is 0.0340. The first-order valence-corrected chi connectivity index (χ1v) is 5.28. The molecule has 1 unspecified atom stereocenters. The Balaban J connectivity index is 0. The highest BCUT2D eigenvalue weighted by Crippen LogP contribution is 2.15. The molecule has 5 nitrogen and oxygen atoms in total. The number of nitrogens with one attached hydrogen (secondary N) is 2. The number of amides is 2. The molecule has 1 fully saturated rings. The highest BCUT2D eigenvalue weighted by molar-refractivity contribution is 5.85. The van der Waals surface area contributed by atoms with Crippen LogP contribution in [0.25, 0.3) is 0 Å². The Kier molecular flexibility index (Phi) is 10.5. The molecule has 1 aliphatic heterocycles. The Hall–Kier alpha value is -0.520. The van der Waals surface area contributed by atoms with Gasteiger partial charge in [-0.15, -0.1) is 24.8 Å². The Morgan fingerprint density at radius 3 is 2.65 bits per heavy atom. The second kappa shape index (κ2) is 9.50. The van der Waals surface area contributed by atoms with Crippen LogP contribution in [-0.4, -0.2) is 50.4 Å². The highest BCUT2D eigenvalue weighted by atomic mass is 35.5. The fourth-order valence-corrected chi connectivity index (χ4v) is 1.66. The third kappa shape index (κ3) is 6.71. The van der Waals surface area contributed by atoms with E-state index in [2.05, 4.69) is 10.6 Å². The van der Waals surface area contributed by atoms with Crippen LogP contribution in [0.15, 0.2) is 0 Å². The first-order chi connectivity index (χ1) is 7.13. The van der Waals surface area contributed by atoms with E-state index in [1.165, 1.54) is 0 Å². The summed E-state index contributed by atoms with van der Waals surface area (Å²) in [6.07, 6.45) is 1.61. The SMILES string of the molecule is CNC(=O)CNCC1CCN(C)C(=O)C1.Cl.Cl. The molecule has 0 aromatic heterocycles. The van der Waals surface area contributed by atoms with Crippen LogP contribution in [0.2, 0.25) is 0 Å². The average Bonchev–Trinajstić information content (AvgIpc) is 2.23. The van der Waals surface area contributed by atoms with Crippen LogP contribution in [0.3, 0.4) is 0 Å². The van der Waals surface area contributed by atoms with Gasteiger partial charge in [0.15, 0.2) is 0 Å². The van der Waals surface area contributed by atoms with Crippen LogP contribution in [0, 0.1) is 5.92 Å². The van der Waals surface area contributed by atoms with E-state index in [0.29, 0.717) is 18.9 Å². The highest BCUT2D eigenvalue weighted by Gasteiger charge is 2.22. The summed E-state index contributed by atoms with van der Waals surface area (Å²) < 4.78 is 0. The zero-order valence-electron chi connectivity index (χ0n) is 10.2. The summed E-state index contributed by atoms with van der Waals surface area (Å²) in [4.78, 5) is 24.1. The number of hydrogen-bond acceptors (Lipinski definition) is 3. The van der Waals surface area contributed by atoms with Gasteiger partial charge in [0.1, 0.15) is 0 Å². The van der Waals surface area contributed by atoms with E-state index in [0.717, 1.165) is 19.5 Å². The van der Waals surface area contributed by atoms with E-state index in [1.807, 2.05) is 7.05 Å². The molecule has 0 spiro atoms. The number of likely N-dealkylation sites (tertiary alicyclic amines) is 1. The molecule has 0 bridgehead atoms. The molecule has 2 amide bonds. The van der Waals surface area contributed by atoms with E-state index in [-0.39, 0.29) is 36.6 Å². The van der Waals surface area contributed by atoms with Gasteiger partial charge in [0, 0.05) is 27.1 Å². The number of piperidine rings is 1. The molecule has 1 aliphatic rings. The van der Waals surface area contributed by atoms with Crippen molar-refractivity contribution in [2.75, 3.05) is 33.7 Å². The predicted molar refractivity (Wildman–Crippen MR) is 71.8 cm³/mol. The minimum absolute atomic E-state index is 0. The van der Waals surface area contributed by atoms with Gasteiger partial charge in [-0.25, -0.2) is 0 Å². The van der Waals surface area contributed by atoms with Crippen molar-refractivity contribution in [2.45, 2.75) is 12.8 Å². The van der Waals surface area contributed by atoms with Gasteiger partial charge in [0.2, 0.25) is 11.8 Å². The minimum atomic E-state index is -0.0192. The fraction of sp³-hybridized carbons (Fsp3) is 0.800. The van der Waals surface area contributed by atoms with E-state index >= 15 is 0 Å². The molecule has 1 heterocycles. The second-order valence-corrected chi connectivity index (χ2v) is 3.98. The summed E-state index contributed by atoms with van der Waals surface area (Å²) in [5, 5.41) is 5.60. The Morgan fingerprint density at radius 1 is 1.47 bits per heavy atom. The molecule has 0 radical (unpaired) electrons. The van der Waals surface area contributed by atoms with Crippen LogP contribution in [0.4, 0.5) is 0 Å². The lowest BCUT2D eigenvalue weighted by molar-refractivity contribution is -0.133. The molecule has 102 valence electrons. The van der Waals surface area contributed by atoms with Crippen LogP contribution in [0.5, 0.6) is 0 Å². The largest absolute Gasteiger partial charge is 0.358 e. The maximum atomic E-state index is 11.4. The molecule has 7 heteroatoms. The average molecular weight is 286 g/mol. The van der Waals surface area contributed by atoms with E-state index in [9.17, 15) is 9.59 Å². The number of rotatable bonds is 4. The Labute approximate surface area is 115 Å². The van der Waals surface area contributed by atoms with Crippen molar-refractivity contribution in [3.63, 3.8) is 0 Å². The van der Waals surface area contributed by atoms with Crippen molar-refractivity contribution in [2.24, 2.45) is 5.92 Å². The number of likely N-dealkylation sites (N-methyl/N-ethyl adjacent to an activating group) is 1. The zero-order chi connectivity index (χ0) is 11.3. The number of halogens is 2. The van der Waals surface area contributed by atoms with Gasteiger partial charge < -0.3 is 15.5 Å². The normalized spacial score (nSPS) is 19.1. The third-order valence-corrected chi connectivity index (χ3v) is 2.76. The molecule has 0 aromatic carbocycles. The molecule has 1 atom stereocenters. The first-order valence-electron chi connectivity index (χ1n) is 5.28. The molecule has 1 saturated heterocycles. The van der Waals surface area contributed by atoms with E-state index in [4.69, 9.17) is 0 Å². The van der Waals surface area contributed by atoms with Crippen LogP contribution in [0.1, 0.15) is 12.8 Å². The first kappa shape index (κ1) is 18.8. The summed E-state index contributed by atoms with van der Waals surface area (Å²) in [5.41, 5.74) is 0. The number of hydrogen-bond donors (Lipinski definition) is 2. The molecule has 0 aliphatic carbocycles. The summed E-state index contributed by atoms with van der Waals surface area (Å²) in [6.45, 7) is 1.90. The lowest BCUT2D eigenvalue weighted by atomic mass is 9.96. The van der Waals surface area contributed by atoms with Crippen LogP contribution >= 0.6 is 24.8 Å². The maximum absolute atomic E-state index is 11.4. The van der Waals surface area contributed by atoms with E-state index < -0.39 is 0 Å². The molecular formula is C10H21Cl2N3O2. The molecule has 0 saturated carbocycles. The van der Waals surface area contributed by atoms with Crippen molar-refractivity contribution in [3.8, 4) is 0 Å². The summed E-state index contributed by atoms with van der Waals surface area (Å²) >= 11 is 0. The van der Waals surface area contributed by atoms with Crippen molar-refractivity contribution in [1.29, 1.82) is 0 Å². The lowest BCUT2D eigenvalue weighted by Gasteiger charge is -2.28. The van der Waals surface area contributed by atoms with Crippen molar-refractivity contribution in [1.82, 2.24) is 15.5 Å². The van der Waals surface area contributed by atoms with E-state index in [1.54, 1.807) is 11.9 Å². The van der Waals surface area contributed by atoms with Crippen LogP contribution in [-0.2, 0) is 9.59 Å².